The van der Waals surface area contributed by atoms with Crippen molar-refractivity contribution in [1.82, 2.24) is 34.3 Å². The van der Waals surface area contributed by atoms with Gasteiger partial charge in [-0.1, -0.05) is 6.42 Å². The summed E-state index contributed by atoms with van der Waals surface area (Å²) >= 11 is 0. The van der Waals surface area contributed by atoms with E-state index in [1.54, 1.807) is 0 Å². The Kier molecular flexibility index (Phi) is 12.4. The van der Waals surface area contributed by atoms with E-state index in [1.807, 2.05) is 0 Å². The molecule has 0 spiro atoms. The lowest BCUT2D eigenvalue weighted by molar-refractivity contribution is -0.0905. The van der Waals surface area contributed by atoms with Crippen molar-refractivity contribution >= 4 is 0 Å². The number of likely N-dealkylation sites (tertiary alicyclic amines) is 4. The van der Waals surface area contributed by atoms with Gasteiger partial charge in [-0.3, -0.25) is 24.5 Å². The van der Waals surface area contributed by atoms with Gasteiger partial charge in [0.2, 0.25) is 0 Å². The minimum atomic E-state index is 0.128. The number of morpholine rings is 1. The van der Waals surface area contributed by atoms with E-state index in [-0.39, 0.29) is 16.6 Å². The Bertz CT molecular complexity index is 933. The maximum atomic E-state index is 5.71. The van der Waals surface area contributed by atoms with E-state index in [4.69, 9.17) is 4.74 Å². The average Bonchev–Trinajstić information content (AvgIpc) is 3.12. The van der Waals surface area contributed by atoms with Crippen molar-refractivity contribution in [3.8, 4) is 0 Å². The molecule has 1 unspecified atom stereocenters. The lowest BCUT2D eigenvalue weighted by Gasteiger charge is -2.60. The van der Waals surface area contributed by atoms with Crippen molar-refractivity contribution in [2.45, 2.75) is 140 Å². The van der Waals surface area contributed by atoms with Gasteiger partial charge in [-0.05, 0) is 119 Å². The summed E-state index contributed by atoms with van der Waals surface area (Å²) in [6, 6.07) is 2.34. The molecule has 0 aliphatic carbocycles. The normalized spacial score (nSPS) is 29.7. The molecule has 47 heavy (non-hydrogen) atoms. The molecule has 6 rings (SSSR count). The number of nitrogens with zero attached hydrogens (tertiary/aromatic N) is 7. The maximum absolute atomic E-state index is 5.71. The summed E-state index contributed by atoms with van der Waals surface area (Å²) in [6.07, 6.45) is 14.8. The molecule has 6 aliphatic rings. The minimum absolute atomic E-state index is 0.128. The van der Waals surface area contributed by atoms with Crippen molar-refractivity contribution in [3.63, 3.8) is 0 Å². The van der Waals surface area contributed by atoms with Gasteiger partial charge >= 0.3 is 0 Å². The van der Waals surface area contributed by atoms with Crippen LogP contribution in [0.2, 0.25) is 0 Å². The smallest absolute Gasteiger partial charge is 0.0594 e. The molecule has 0 radical (unpaired) electrons. The first-order chi connectivity index (χ1) is 22.6. The lowest BCUT2D eigenvalue weighted by Crippen LogP contribution is -2.70. The highest BCUT2D eigenvalue weighted by molar-refractivity contribution is 5.09. The molecule has 6 saturated heterocycles. The van der Waals surface area contributed by atoms with E-state index < -0.39 is 0 Å². The summed E-state index contributed by atoms with van der Waals surface area (Å²) < 4.78 is 5.71. The number of ether oxygens (including phenoxy) is 1. The number of hydrogen-bond donors (Lipinski definition) is 0. The number of hydrogen-bond acceptors (Lipinski definition) is 8. The fourth-order valence-electron chi connectivity index (χ4n) is 10.7. The molecule has 8 heteroatoms. The van der Waals surface area contributed by atoms with Crippen LogP contribution in [0.5, 0.6) is 0 Å². The summed E-state index contributed by atoms with van der Waals surface area (Å²) in [5, 5.41) is 0. The minimum Gasteiger partial charge on any atom is -0.379 e. The SMILES string of the molecule is CN1CCN(C2CCN(C(C)(C)C(C)(CCC(C)(C)N3CCC(N4CCCCC4)CC3)N3CCC(N4CCOCC4)CC3)CC2)CC1. The van der Waals surface area contributed by atoms with E-state index in [0.717, 1.165) is 44.4 Å². The van der Waals surface area contributed by atoms with Gasteiger partial charge in [0.25, 0.3) is 0 Å². The standard InChI is InChI=1S/C39H75N7O/c1-37(2,44-20-10-34(11-21-44)41-18-8-7-9-19-41)16-17-39(5,46-24-14-36(15-25-46)43-30-32-47-33-31-43)38(3,4)45-22-12-35(13-23-45)42-28-26-40(6)27-29-42/h34-36H,7-33H2,1-6H3. The van der Waals surface area contributed by atoms with E-state index in [9.17, 15) is 0 Å². The van der Waals surface area contributed by atoms with Crippen LogP contribution in [-0.4, -0.2) is 181 Å². The zero-order valence-electron chi connectivity index (χ0n) is 31.9. The van der Waals surface area contributed by atoms with Gasteiger partial charge < -0.3 is 14.5 Å². The number of rotatable bonds is 10. The summed E-state index contributed by atoms with van der Waals surface area (Å²) in [7, 11) is 2.28. The van der Waals surface area contributed by atoms with Gasteiger partial charge in [0.05, 0.1) is 13.2 Å². The van der Waals surface area contributed by atoms with Crippen LogP contribution in [0, 0.1) is 0 Å². The third kappa shape index (κ3) is 8.43. The molecule has 6 fully saturated rings. The topological polar surface area (TPSA) is 31.9 Å². The first-order valence-corrected chi connectivity index (χ1v) is 20.3. The summed E-state index contributed by atoms with van der Waals surface area (Å²) in [6.45, 7) is 32.4. The van der Waals surface area contributed by atoms with Gasteiger partial charge in [-0.15, -0.1) is 0 Å². The first kappa shape index (κ1) is 36.5. The zero-order chi connectivity index (χ0) is 33.1. The second kappa shape index (κ2) is 15.9. The Hall–Kier alpha value is -0.320. The Labute approximate surface area is 290 Å². The molecule has 6 aliphatic heterocycles. The molecule has 272 valence electrons. The molecule has 0 aromatic rings. The van der Waals surface area contributed by atoms with Gasteiger partial charge in [-0.25, -0.2) is 0 Å². The Balaban J connectivity index is 1.11. The van der Waals surface area contributed by atoms with E-state index in [2.05, 4.69) is 76.0 Å². The highest BCUT2D eigenvalue weighted by Crippen LogP contribution is 2.43. The van der Waals surface area contributed by atoms with Gasteiger partial charge in [0.15, 0.2) is 0 Å². The molecular formula is C39H75N7O. The van der Waals surface area contributed by atoms with Crippen molar-refractivity contribution in [2.75, 3.05) is 112 Å². The van der Waals surface area contributed by atoms with Crippen molar-refractivity contribution in [1.29, 1.82) is 0 Å². The Morgan fingerprint density at radius 1 is 0.468 bits per heavy atom. The monoisotopic (exact) mass is 658 g/mol. The molecule has 0 N–H and O–H groups in total. The van der Waals surface area contributed by atoms with Crippen LogP contribution in [0.4, 0.5) is 0 Å². The average molecular weight is 658 g/mol. The summed E-state index contributed by atoms with van der Waals surface area (Å²) in [5.41, 5.74) is 0.515. The molecule has 8 nitrogen and oxygen atoms in total. The fourth-order valence-corrected chi connectivity index (χ4v) is 10.7. The Morgan fingerprint density at radius 3 is 1.45 bits per heavy atom. The molecule has 0 saturated carbocycles. The summed E-state index contributed by atoms with van der Waals surface area (Å²) in [4.78, 5) is 19.7. The van der Waals surface area contributed by atoms with Crippen LogP contribution >= 0.6 is 0 Å². The van der Waals surface area contributed by atoms with Crippen LogP contribution in [0.25, 0.3) is 0 Å². The largest absolute Gasteiger partial charge is 0.379 e. The lowest BCUT2D eigenvalue weighted by atomic mass is 9.71. The van der Waals surface area contributed by atoms with Crippen LogP contribution in [-0.2, 0) is 4.74 Å². The number of piperidine rings is 4. The third-order valence-electron chi connectivity index (χ3n) is 14.8. The highest BCUT2D eigenvalue weighted by atomic mass is 16.5. The molecule has 0 bridgehead atoms. The van der Waals surface area contributed by atoms with E-state index in [1.165, 1.54) is 149 Å². The second-order valence-electron chi connectivity index (χ2n) is 17.9. The van der Waals surface area contributed by atoms with Gasteiger partial charge in [-0.2, -0.15) is 0 Å². The van der Waals surface area contributed by atoms with E-state index >= 15 is 0 Å². The molecule has 0 amide bonds. The van der Waals surface area contributed by atoms with Crippen LogP contribution < -0.4 is 0 Å². The van der Waals surface area contributed by atoms with E-state index in [0.29, 0.717) is 0 Å². The molecule has 0 aromatic heterocycles. The summed E-state index contributed by atoms with van der Waals surface area (Å²) in [5.74, 6) is 0. The van der Waals surface area contributed by atoms with Crippen LogP contribution in [0.3, 0.4) is 0 Å². The zero-order valence-corrected chi connectivity index (χ0v) is 31.9. The molecular weight excluding hydrogens is 582 g/mol. The quantitative estimate of drug-likeness (QED) is 0.339. The van der Waals surface area contributed by atoms with Crippen molar-refractivity contribution in [3.05, 3.63) is 0 Å². The maximum Gasteiger partial charge on any atom is 0.0594 e. The predicted octanol–water partition coefficient (Wildman–Crippen LogP) is 4.54. The fraction of sp³-hybridized carbons (Fsp3) is 1.00. The van der Waals surface area contributed by atoms with Crippen molar-refractivity contribution < 1.29 is 4.74 Å². The van der Waals surface area contributed by atoms with Gasteiger partial charge in [0, 0.05) is 113 Å². The predicted molar refractivity (Wildman–Crippen MR) is 196 cm³/mol. The second-order valence-corrected chi connectivity index (χ2v) is 17.9. The first-order valence-electron chi connectivity index (χ1n) is 20.3. The molecule has 6 heterocycles. The van der Waals surface area contributed by atoms with Crippen LogP contribution in [0.1, 0.15) is 105 Å². The number of likely N-dealkylation sites (N-methyl/N-ethyl adjacent to an activating group) is 1. The van der Waals surface area contributed by atoms with Gasteiger partial charge in [0.1, 0.15) is 0 Å². The number of piperazine rings is 1. The molecule has 1 atom stereocenters. The third-order valence-corrected chi connectivity index (χ3v) is 14.8. The highest BCUT2D eigenvalue weighted by Gasteiger charge is 2.51. The Morgan fingerprint density at radius 2 is 0.915 bits per heavy atom. The molecule has 0 aromatic carbocycles. The van der Waals surface area contributed by atoms with Crippen molar-refractivity contribution in [2.24, 2.45) is 0 Å². The van der Waals surface area contributed by atoms with Crippen LogP contribution in [0.15, 0.2) is 0 Å².